The molecule has 0 aliphatic carbocycles. The number of benzene rings is 1. The number of aromatic nitrogens is 2. The molecule has 0 unspecified atom stereocenters. The molecule has 3 rings (SSSR count). The minimum absolute atomic E-state index is 0.779. The van der Waals surface area contributed by atoms with Crippen molar-refractivity contribution in [2.45, 2.75) is 19.3 Å². The minimum Gasteiger partial charge on any atom is -0.495 e. The standard InChI is InChI=1S/C18H19N3O/c1-22-17-8-4-3-7-16(17)10-9-15-13-19-18(20-14-15)21-11-5-2-6-12-21/h3-4,7-8,13-14H,2,5-6,11-12H2,1H3. The third-order valence-corrected chi connectivity index (χ3v) is 3.73. The number of hydrogen-bond donors (Lipinski definition) is 0. The lowest BCUT2D eigenvalue weighted by Crippen LogP contribution is -2.30. The van der Waals surface area contributed by atoms with Crippen molar-refractivity contribution in [3.05, 3.63) is 47.8 Å². The van der Waals surface area contributed by atoms with Gasteiger partial charge in [-0.2, -0.15) is 0 Å². The first kappa shape index (κ1) is 14.4. The maximum absolute atomic E-state index is 5.29. The maximum atomic E-state index is 5.29. The van der Waals surface area contributed by atoms with Crippen LogP contribution in [0.3, 0.4) is 0 Å². The molecule has 0 saturated carbocycles. The number of anilines is 1. The Morgan fingerprint density at radius 2 is 1.73 bits per heavy atom. The van der Waals surface area contributed by atoms with E-state index in [0.717, 1.165) is 35.9 Å². The summed E-state index contributed by atoms with van der Waals surface area (Å²) >= 11 is 0. The van der Waals surface area contributed by atoms with E-state index in [0.29, 0.717) is 0 Å². The van der Waals surface area contributed by atoms with Crippen molar-refractivity contribution < 1.29 is 4.74 Å². The summed E-state index contributed by atoms with van der Waals surface area (Å²) in [5.74, 6) is 7.79. The van der Waals surface area contributed by atoms with E-state index in [1.807, 2.05) is 24.3 Å². The van der Waals surface area contributed by atoms with E-state index >= 15 is 0 Å². The number of nitrogens with zero attached hydrogens (tertiary/aromatic N) is 3. The molecule has 0 bridgehead atoms. The van der Waals surface area contributed by atoms with Gasteiger partial charge in [-0.1, -0.05) is 24.0 Å². The highest BCUT2D eigenvalue weighted by molar-refractivity contribution is 5.49. The second kappa shape index (κ2) is 6.95. The van der Waals surface area contributed by atoms with Crippen molar-refractivity contribution >= 4 is 5.95 Å². The van der Waals surface area contributed by atoms with Crippen molar-refractivity contribution in [2.24, 2.45) is 0 Å². The second-order valence-electron chi connectivity index (χ2n) is 5.27. The fourth-order valence-electron chi connectivity index (χ4n) is 2.53. The van der Waals surface area contributed by atoms with Crippen molar-refractivity contribution in [3.63, 3.8) is 0 Å². The zero-order valence-electron chi connectivity index (χ0n) is 12.7. The lowest BCUT2D eigenvalue weighted by Gasteiger charge is -2.26. The van der Waals surface area contributed by atoms with Crippen LogP contribution >= 0.6 is 0 Å². The zero-order valence-corrected chi connectivity index (χ0v) is 12.7. The molecule has 1 saturated heterocycles. The quantitative estimate of drug-likeness (QED) is 0.798. The zero-order chi connectivity index (χ0) is 15.2. The van der Waals surface area contributed by atoms with Gasteiger partial charge < -0.3 is 9.64 Å². The number of ether oxygens (including phenoxy) is 1. The topological polar surface area (TPSA) is 38.2 Å². The first-order valence-electron chi connectivity index (χ1n) is 7.59. The lowest BCUT2D eigenvalue weighted by atomic mass is 10.1. The molecule has 0 amide bonds. The van der Waals surface area contributed by atoms with Crippen molar-refractivity contribution in [1.82, 2.24) is 9.97 Å². The predicted octanol–water partition coefficient (Wildman–Crippen LogP) is 2.88. The average molecular weight is 293 g/mol. The minimum atomic E-state index is 0.779. The highest BCUT2D eigenvalue weighted by Gasteiger charge is 2.12. The highest BCUT2D eigenvalue weighted by atomic mass is 16.5. The van der Waals surface area contributed by atoms with E-state index in [-0.39, 0.29) is 0 Å². The summed E-state index contributed by atoms with van der Waals surface area (Å²) in [6.45, 7) is 2.10. The van der Waals surface area contributed by atoms with Crippen LogP contribution in [0.2, 0.25) is 0 Å². The van der Waals surface area contributed by atoms with Crippen LogP contribution in [0.4, 0.5) is 5.95 Å². The van der Waals surface area contributed by atoms with E-state index in [1.165, 1.54) is 19.3 Å². The van der Waals surface area contributed by atoms with Crippen LogP contribution < -0.4 is 9.64 Å². The van der Waals surface area contributed by atoms with Gasteiger partial charge in [-0.15, -0.1) is 0 Å². The van der Waals surface area contributed by atoms with E-state index < -0.39 is 0 Å². The largest absolute Gasteiger partial charge is 0.495 e. The molecular weight excluding hydrogens is 274 g/mol. The molecule has 22 heavy (non-hydrogen) atoms. The van der Waals surface area contributed by atoms with E-state index in [4.69, 9.17) is 4.74 Å². The molecular formula is C18H19N3O. The third-order valence-electron chi connectivity index (χ3n) is 3.73. The van der Waals surface area contributed by atoms with Crippen molar-refractivity contribution in [2.75, 3.05) is 25.1 Å². The summed E-state index contributed by atoms with van der Waals surface area (Å²) in [5, 5.41) is 0. The Labute approximate surface area is 131 Å². The Bertz CT molecular complexity index is 679. The summed E-state index contributed by atoms with van der Waals surface area (Å²) in [5.41, 5.74) is 1.68. The first-order valence-corrected chi connectivity index (χ1v) is 7.59. The molecule has 1 aromatic carbocycles. The summed E-state index contributed by atoms with van der Waals surface area (Å²) in [4.78, 5) is 11.1. The van der Waals surface area contributed by atoms with Crippen LogP contribution in [0.1, 0.15) is 30.4 Å². The van der Waals surface area contributed by atoms with Gasteiger partial charge in [0.05, 0.1) is 18.2 Å². The van der Waals surface area contributed by atoms with Gasteiger partial charge >= 0.3 is 0 Å². The van der Waals surface area contributed by atoms with Gasteiger partial charge in [0.2, 0.25) is 5.95 Å². The molecule has 2 aromatic rings. The molecule has 0 N–H and O–H groups in total. The van der Waals surface area contributed by atoms with Crippen LogP contribution in [0.25, 0.3) is 0 Å². The fourth-order valence-corrected chi connectivity index (χ4v) is 2.53. The van der Waals surface area contributed by atoms with Gasteiger partial charge in [0.25, 0.3) is 0 Å². The van der Waals surface area contributed by atoms with Crippen LogP contribution in [0.5, 0.6) is 5.75 Å². The van der Waals surface area contributed by atoms with Crippen LogP contribution in [0.15, 0.2) is 36.7 Å². The molecule has 2 heterocycles. The molecule has 4 nitrogen and oxygen atoms in total. The Balaban J connectivity index is 1.75. The monoisotopic (exact) mass is 293 g/mol. The maximum Gasteiger partial charge on any atom is 0.225 e. The number of para-hydroxylation sites is 1. The predicted molar refractivity (Wildman–Crippen MR) is 87.1 cm³/mol. The van der Waals surface area contributed by atoms with Gasteiger partial charge in [0.1, 0.15) is 5.75 Å². The van der Waals surface area contributed by atoms with Gasteiger partial charge in [0, 0.05) is 25.5 Å². The average Bonchev–Trinajstić information content (AvgIpc) is 2.61. The number of methoxy groups -OCH3 is 1. The third kappa shape index (κ3) is 3.37. The van der Waals surface area contributed by atoms with Crippen LogP contribution in [-0.4, -0.2) is 30.2 Å². The summed E-state index contributed by atoms with van der Waals surface area (Å²) in [6.07, 6.45) is 7.33. The molecule has 112 valence electrons. The van der Waals surface area contributed by atoms with Crippen molar-refractivity contribution in [3.8, 4) is 17.6 Å². The summed E-state index contributed by atoms with van der Waals surface area (Å²) < 4.78 is 5.29. The summed E-state index contributed by atoms with van der Waals surface area (Å²) in [6, 6.07) is 7.72. The molecule has 1 aromatic heterocycles. The molecule has 0 atom stereocenters. The van der Waals surface area contributed by atoms with E-state index in [1.54, 1.807) is 19.5 Å². The van der Waals surface area contributed by atoms with Gasteiger partial charge in [-0.05, 0) is 31.4 Å². The number of piperidine rings is 1. The first-order chi connectivity index (χ1) is 10.9. The number of hydrogen-bond acceptors (Lipinski definition) is 4. The fraction of sp³-hybridized carbons (Fsp3) is 0.333. The Morgan fingerprint density at radius 1 is 1.00 bits per heavy atom. The lowest BCUT2D eigenvalue weighted by molar-refractivity contribution is 0.413. The second-order valence-corrected chi connectivity index (χ2v) is 5.27. The summed E-state index contributed by atoms with van der Waals surface area (Å²) in [7, 11) is 1.65. The SMILES string of the molecule is COc1ccccc1C#Cc1cnc(N2CCCCC2)nc1. The Morgan fingerprint density at radius 3 is 2.45 bits per heavy atom. The Kier molecular flexibility index (Phi) is 4.55. The van der Waals surface area contributed by atoms with Crippen molar-refractivity contribution in [1.29, 1.82) is 0 Å². The highest BCUT2D eigenvalue weighted by Crippen LogP contribution is 2.16. The normalized spacial score (nSPS) is 14.1. The van der Waals surface area contributed by atoms with E-state index in [2.05, 4.69) is 26.7 Å². The molecule has 0 spiro atoms. The van der Waals surface area contributed by atoms with Crippen LogP contribution in [-0.2, 0) is 0 Å². The van der Waals surface area contributed by atoms with Gasteiger partial charge in [-0.3, -0.25) is 0 Å². The molecule has 0 radical (unpaired) electrons. The molecule has 1 aliphatic heterocycles. The smallest absolute Gasteiger partial charge is 0.225 e. The van der Waals surface area contributed by atoms with Gasteiger partial charge in [0.15, 0.2) is 0 Å². The molecule has 1 aliphatic rings. The molecule has 1 fully saturated rings. The van der Waals surface area contributed by atoms with Crippen LogP contribution in [0, 0.1) is 11.8 Å². The number of rotatable bonds is 2. The van der Waals surface area contributed by atoms with E-state index in [9.17, 15) is 0 Å². The van der Waals surface area contributed by atoms with Gasteiger partial charge in [-0.25, -0.2) is 9.97 Å². The Hall–Kier alpha value is -2.54. The molecule has 4 heteroatoms.